The number of nitrogens with zero attached hydrogens (tertiary/aromatic N) is 2. The van der Waals surface area contributed by atoms with Crippen LogP contribution in [0.3, 0.4) is 0 Å². The fraction of sp³-hybridized carbons (Fsp3) is 0.353. The molecule has 1 saturated heterocycles. The number of amides is 1. The highest BCUT2D eigenvalue weighted by Gasteiger charge is 2.20. The second-order valence-electron chi connectivity index (χ2n) is 5.71. The molecule has 23 heavy (non-hydrogen) atoms. The number of hydrogen-bond acceptors (Lipinski definition) is 4. The van der Waals surface area contributed by atoms with Gasteiger partial charge in [0.2, 0.25) is 0 Å². The minimum atomic E-state index is -0.514. The molecule has 6 heteroatoms. The van der Waals surface area contributed by atoms with Crippen molar-refractivity contribution in [1.82, 2.24) is 14.9 Å². The molecule has 0 atom stereocenters. The average Bonchev–Trinajstić information content (AvgIpc) is 2.56. The zero-order chi connectivity index (χ0) is 16.4. The van der Waals surface area contributed by atoms with Gasteiger partial charge in [0.05, 0.1) is 18.9 Å². The summed E-state index contributed by atoms with van der Waals surface area (Å²) in [5.74, 6) is -0.195. The van der Waals surface area contributed by atoms with E-state index in [1.165, 1.54) is 0 Å². The number of H-pyrrole nitrogens is 1. The number of aromatic amines is 1. The Morgan fingerprint density at radius 3 is 2.70 bits per heavy atom. The zero-order valence-corrected chi connectivity index (χ0v) is 13.3. The van der Waals surface area contributed by atoms with Crippen LogP contribution in [-0.4, -0.2) is 47.1 Å². The Hall–Kier alpha value is -2.47. The van der Waals surface area contributed by atoms with Crippen LogP contribution < -0.4 is 5.69 Å². The molecule has 1 N–H and O–H groups in total. The van der Waals surface area contributed by atoms with Gasteiger partial charge in [0.15, 0.2) is 0 Å². The molecule has 0 aliphatic carbocycles. The Balaban J connectivity index is 2.00. The van der Waals surface area contributed by atoms with Gasteiger partial charge in [-0.2, -0.15) is 4.98 Å². The summed E-state index contributed by atoms with van der Waals surface area (Å²) in [5, 5.41) is 0. The lowest BCUT2D eigenvalue weighted by Gasteiger charge is -2.26. The van der Waals surface area contributed by atoms with Crippen LogP contribution in [0.25, 0.3) is 11.3 Å². The molecule has 0 radical (unpaired) electrons. The maximum atomic E-state index is 12.6. The van der Waals surface area contributed by atoms with E-state index in [-0.39, 0.29) is 11.6 Å². The highest BCUT2D eigenvalue weighted by atomic mass is 16.5. The van der Waals surface area contributed by atoms with E-state index in [0.717, 1.165) is 16.7 Å². The van der Waals surface area contributed by atoms with Gasteiger partial charge >= 0.3 is 5.69 Å². The first-order valence-electron chi connectivity index (χ1n) is 7.60. The number of aryl methyl sites for hydroxylation is 2. The summed E-state index contributed by atoms with van der Waals surface area (Å²) in [6, 6.07) is 7.61. The molecule has 1 amide bonds. The van der Waals surface area contributed by atoms with Crippen LogP contribution in [0.5, 0.6) is 0 Å². The molecule has 0 saturated carbocycles. The summed E-state index contributed by atoms with van der Waals surface area (Å²) in [6.07, 6.45) is 0. The van der Waals surface area contributed by atoms with E-state index in [9.17, 15) is 9.59 Å². The fourth-order valence-electron chi connectivity index (χ4n) is 2.66. The highest BCUT2D eigenvalue weighted by molar-refractivity contribution is 5.93. The summed E-state index contributed by atoms with van der Waals surface area (Å²) in [5.41, 5.74) is 3.23. The normalized spacial score (nSPS) is 14.8. The van der Waals surface area contributed by atoms with Gasteiger partial charge in [-0.15, -0.1) is 0 Å². The molecular formula is C17H19N3O3. The van der Waals surface area contributed by atoms with Crippen LogP contribution in [0.15, 0.2) is 29.1 Å². The SMILES string of the molecule is Cc1ccc(C)c(-c2cc(C(=O)N3CCOCC3)[nH]c(=O)n2)c1. The first kappa shape index (κ1) is 15.4. The second-order valence-corrected chi connectivity index (χ2v) is 5.71. The second kappa shape index (κ2) is 6.34. The maximum Gasteiger partial charge on any atom is 0.346 e. The summed E-state index contributed by atoms with van der Waals surface area (Å²) in [7, 11) is 0. The lowest BCUT2D eigenvalue weighted by atomic mass is 10.0. The number of morpholine rings is 1. The predicted molar refractivity (Wildman–Crippen MR) is 86.5 cm³/mol. The van der Waals surface area contributed by atoms with Crippen LogP contribution in [0.4, 0.5) is 0 Å². The number of rotatable bonds is 2. The molecule has 2 aromatic rings. The molecule has 120 valence electrons. The van der Waals surface area contributed by atoms with Gasteiger partial charge < -0.3 is 14.6 Å². The third kappa shape index (κ3) is 3.32. The Labute approximate surface area is 134 Å². The Kier molecular flexibility index (Phi) is 4.25. The van der Waals surface area contributed by atoms with Crippen LogP contribution >= 0.6 is 0 Å². The van der Waals surface area contributed by atoms with Crippen LogP contribution in [0.2, 0.25) is 0 Å². The van der Waals surface area contributed by atoms with E-state index < -0.39 is 5.69 Å². The van der Waals surface area contributed by atoms with Crippen molar-refractivity contribution in [2.45, 2.75) is 13.8 Å². The molecule has 0 spiro atoms. The lowest BCUT2D eigenvalue weighted by molar-refractivity contribution is 0.0298. The van der Waals surface area contributed by atoms with Crippen molar-refractivity contribution in [1.29, 1.82) is 0 Å². The van der Waals surface area contributed by atoms with Gasteiger partial charge in [0, 0.05) is 18.7 Å². The standard InChI is InChI=1S/C17H19N3O3/c1-11-3-4-12(2)13(9-11)14-10-15(19-17(22)18-14)16(21)20-5-7-23-8-6-20/h3-4,9-10H,5-8H2,1-2H3,(H,18,19,22). The van der Waals surface area contributed by atoms with E-state index in [1.54, 1.807) is 11.0 Å². The van der Waals surface area contributed by atoms with Crippen LogP contribution in [0, 0.1) is 13.8 Å². The van der Waals surface area contributed by atoms with E-state index >= 15 is 0 Å². The Morgan fingerprint density at radius 1 is 1.22 bits per heavy atom. The number of carbonyl (C=O) groups is 1. The van der Waals surface area contributed by atoms with E-state index in [1.807, 2.05) is 32.0 Å². The molecule has 1 fully saturated rings. The first-order chi connectivity index (χ1) is 11.0. The molecule has 1 aliphatic heterocycles. The molecule has 1 aromatic heterocycles. The molecule has 0 bridgehead atoms. The number of carbonyl (C=O) groups excluding carboxylic acids is 1. The van der Waals surface area contributed by atoms with E-state index in [2.05, 4.69) is 9.97 Å². The molecule has 6 nitrogen and oxygen atoms in total. The van der Waals surface area contributed by atoms with Crippen molar-refractivity contribution in [3.8, 4) is 11.3 Å². The molecule has 0 unspecified atom stereocenters. The molecular weight excluding hydrogens is 294 g/mol. The number of ether oxygens (including phenoxy) is 1. The third-order valence-electron chi connectivity index (χ3n) is 3.94. The number of hydrogen-bond donors (Lipinski definition) is 1. The predicted octanol–water partition coefficient (Wildman–Crippen LogP) is 1.53. The summed E-state index contributed by atoms with van der Waals surface area (Å²) >= 11 is 0. The Bertz CT molecular complexity index is 792. The quantitative estimate of drug-likeness (QED) is 0.912. The van der Waals surface area contributed by atoms with E-state index in [0.29, 0.717) is 32.0 Å². The Morgan fingerprint density at radius 2 is 1.96 bits per heavy atom. The smallest absolute Gasteiger partial charge is 0.346 e. The third-order valence-corrected chi connectivity index (χ3v) is 3.94. The van der Waals surface area contributed by atoms with Crippen molar-refractivity contribution < 1.29 is 9.53 Å². The van der Waals surface area contributed by atoms with Crippen molar-refractivity contribution in [3.05, 3.63) is 51.6 Å². The van der Waals surface area contributed by atoms with Crippen LogP contribution in [-0.2, 0) is 4.74 Å². The van der Waals surface area contributed by atoms with Crippen LogP contribution in [0.1, 0.15) is 21.6 Å². The van der Waals surface area contributed by atoms with Gasteiger partial charge in [-0.05, 0) is 31.5 Å². The van der Waals surface area contributed by atoms with Gasteiger partial charge in [0.1, 0.15) is 5.69 Å². The number of aromatic nitrogens is 2. The van der Waals surface area contributed by atoms with Gasteiger partial charge in [-0.1, -0.05) is 17.7 Å². The molecule has 1 aliphatic rings. The average molecular weight is 313 g/mol. The van der Waals surface area contributed by atoms with Gasteiger partial charge in [0.25, 0.3) is 5.91 Å². The molecule has 3 rings (SSSR count). The highest BCUT2D eigenvalue weighted by Crippen LogP contribution is 2.22. The maximum absolute atomic E-state index is 12.6. The van der Waals surface area contributed by atoms with Crippen molar-refractivity contribution in [2.24, 2.45) is 0 Å². The van der Waals surface area contributed by atoms with Crippen molar-refractivity contribution in [3.63, 3.8) is 0 Å². The fourth-order valence-corrected chi connectivity index (χ4v) is 2.66. The number of benzene rings is 1. The number of nitrogens with one attached hydrogen (secondary N) is 1. The summed E-state index contributed by atoms with van der Waals surface area (Å²) in [4.78, 5) is 32.7. The topological polar surface area (TPSA) is 75.3 Å². The largest absolute Gasteiger partial charge is 0.378 e. The monoisotopic (exact) mass is 313 g/mol. The van der Waals surface area contributed by atoms with Crippen molar-refractivity contribution in [2.75, 3.05) is 26.3 Å². The van der Waals surface area contributed by atoms with Gasteiger partial charge in [-0.25, -0.2) is 4.79 Å². The minimum absolute atomic E-state index is 0.195. The lowest BCUT2D eigenvalue weighted by Crippen LogP contribution is -2.41. The molecule has 2 heterocycles. The summed E-state index contributed by atoms with van der Waals surface area (Å²) < 4.78 is 5.25. The van der Waals surface area contributed by atoms with E-state index in [4.69, 9.17) is 4.74 Å². The van der Waals surface area contributed by atoms with Gasteiger partial charge in [-0.3, -0.25) is 4.79 Å². The first-order valence-corrected chi connectivity index (χ1v) is 7.60. The molecule has 1 aromatic carbocycles. The zero-order valence-electron chi connectivity index (χ0n) is 13.3. The van der Waals surface area contributed by atoms with Crippen molar-refractivity contribution >= 4 is 5.91 Å². The summed E-state index contributed by atoms with van der Waals surface area (Å²) in [6.45, 7) is 6.04. The minimum Gasteiger partial charge on any atom is -0.378 e.